The summed E-state index contributed by atoms with van der Waals surface area (Å²) in [4.78, 5) is 7.49. The Morgan fingerprint density at radius 3 is 2.75 bits per heavy atom. The molecule has 2 aromatic rings. The van der Waals surface area contributed by atoms with Gasteiger partial charge in [-0.15, -0.1) is 0 Å². The summed E-state index contributed by atoms with van der Waals surface area (Å²) in [5.41, 5.74) is 0.560. The number of anilines is 1. The van der Waals surface area contributed by atoms with Crippen LogP contribution in [0.4, 0.5) is 5.69 Å². The Morgan fingerprint density at radius 2 is 2.10 bits per heavy atom. The molecule has 0 spiro atoms. The van der Waals surface area contributed by atoms with Crippen molar-refractivity contribution in [2.75, 3.05) is 4.72 Å². The van der Waals surface area contributed by atoms with Gasteiger partial charge in [0.15, 0.2) is 5.69 Å². The highest BCUT2D eigenvalue weighted by molar-refractivity contribution is 7.92. The predicted molar refractivity (Wildman–Crippen MR) is 73.7 cm³/mol. The van der Waals surface area contributed by atoms with Gasteiger partial charge in [0.05, 0.1) is 11.4 Å². The van der Waals surface area contributed by atoms with Crippen molar-refractivity contribution in [2.24, 2.45) is 0 Å². The molecule has 0 saturated heterocycles. The lowest BCUT2D eigenvalue weighted by Gasteiger charge is -2.10. The number of nitrogens with one attached hydrogen (secondary N) is 1. The van der Waals surface area contributed by atoms with Gasteiger partial charge >= 0.3 is 0 Å². The number of nitriles is 1. The van der Waals surface area contributed by atoms with Crippen LogP contribution in [0.15, 0.2) is 35.4 Å². The Bertz CT molecular complexity index is 799. The maximum atomic E-state index is 12.3. The molecule has 6 nitrogen and oxygen atoms in total. The van der Waals surface area contributed by atoms with Gasteiger partial charge in [-0.2, -0.15) is 5.26 Å². The standard InChI is InChI=1S/C12H9ClN4O2S/c1-8-9(4-5-12(13)16-8)17-20(18,19)11-3-2-6-15-10(11)7-14/h2-6,17H,1H3. The van der Waals surface area contributed by atoms with Gasteiger partial charge in [-0.05, 0) is 31.2 Å². The number of nitrogens with zero attached hydrogens (tertiary/aromatic N) is 3. The first-order chi connectivity index (χ1) is 9.44. The minimum Gasteiger partial charge on any atom is -0.278 e. The van der Waals surface area contributed by atoms with Crippen LogP contribution in [0.5, 0.6) is 0 Å². The summed E-state index contributed by atoms with van der Waals surface area (Å²) in [6.07, 6.45) is 1.35. The van der Waals surface area contributed by atoms with Gasteiger partial charge in [-0.3, -0.25) is 4.72 Å². The largest absolute Gasteiger partial charge is 0.278 e. The third-order valence-corrected chi connectivity index (χ3v) is 4.07. The summed E-state index contributed by atoms with van der Waals surface area (Å²) in [6, 6.07) is 7.48. The van der Waals surface area contributed by atoms with Crippen LogP contribution < -0.4 is 4.72 Å². The molecule has 2 rings (SSSR count). The second-order valence-electron chi connectivity index (χ2n) is 3.83. The maximum absolute atomic E-state index is 12.3. The van der Waals surface area contributed by atoms with Crippen LogP contribution in [0.3, 0.4) is 0 Å². The average molecular weight is 309 g/mol. The lowest BCUT2D eigenvalue weighted by atomic mass is 10.3. The van der Waals surface area contributed by atoms with E-state index in [9.17, 15) is 8.42 Å². The van der Waals surface area contributed by atoms with Crippen molar-refractivity contribution in [3.8, 4) is 6.07 Å². The van der Waals surface area contributed by atoms with E-state index in [2.05, 4.69) is 14.7 Å². The van der Waals surface area contributed by atoms with Gasteiger partial charge in [-0.25, -0.2) is 18.4 Å². The zero-order valence-corrected chi connectivity index (χ0v) is 11.9. The number of sulfonamides is 1. The number of hydrogen-bond donors (Lipinski definition) is 1. The molecule has 0 aliphatic carbocycles. The summed E-state index contributed by atoms with van der Waals surface area (Å²) in [7, 11) is -3.91. The summed E-state index contributed by atoms with van der Waals surface area (Å²) >= 11 is 5.71. The van der Waals surface area contributed by atoms with Crippen molar-refractivity contribution in [2.45, 2.75) is 11.8 Å². The fourth-order valence-electron chi connectivity index (χ4n) is 1.53. The van der Waals surface area contributed by atoms with Crippen molar-refractivity contribution in [3.05, 3.63) is 47.0 Å². The van der Waals surface area contributed by atoms with Crippen LogP contribution in [-0.2, 0) is 10.0 Å². The molecule has 0 atom stereocenters. The van der Waals surface area contributed by atoms with Crippen LogP contribution in [0.1, 0.15) is 11.4 Å². The van der Waals surface area contributed by atoms with E-state index in [1.165, 1.54) is 30.5 Å². The number of halogens is 1. The molecule has 0 aliphatic rings. The van der Waals surface area contributed by atoms with Crippen LogP contribution in [0.25, 0.3) is 0 Å². The lowest BCUT2D eigenvalue weighted by molar-refractivity contribution is 0.600. The first-order valence-electron chi connectivity index (χ1n) is 5.45. The van der Waals surface area contributed by atoms with Gasteiger partial charge in [0.2, 0.25) is 0 Å². The van der Waals surface area contributed by atoms with E-state index in [1.54, 1.807) is 13.0 Å². The van der Waals surface area contributed by atoms with E-state index in [1.807, 2.05) is 0 Å². The van der Waals surface area contributed by atoms with Gasteiger partial charge in [0.1, 0.15) is 16.1 Å². The molecule has 0 aromatic carbocycles. The predicted octanol–water partition coefficient (Wildman–Crippen LogP) is 2.11. The zero-order chi connectivity index (χ0) is 14.8. The van der Waals surface area contributed by atoms with Crippen molar-refractivity contribution in [3.63, 3.8) is 0 Å². The molecule has 0 amide bonds. The topological polar surface area (TPSA) is 95.7 Å². The lowest BCUT2D eigenvalue weighted by Crippen LogP contribution is -2.16. The monoisotopic (exact) mass is 308 g/mol. The molecule has 0 unspecified atom stereocenters. The molecule has 1 N–H and O–H groups in total. The molecule has 8 heteroatoms. The van der Waals surface area contributed by atoms with E-state index >= 15 is 0 Å². The Hall–Kier alpha value is -2.17. The van der Waals surface area contributed by atoms with Crippen molar-refractivity contribution in [1.82, 2.24) is 9.97 Å². The van der Waals surface area contributed by atoms with Crippen LogP contribution in [0.2, 0.25) is 5.15 Å². The van der Waals surface area contributed by atoms with Gasteiger partial charge in [-0.1, -0.05) is 11.6 Å². The fourth-order valence-corrected chi connectivity index (χ4v) is 2.94. The minimum absolute atomic E-state index is 0.167. The number of hydrogen-bond acceptors (Lipinski definition) is 5. The molecule has 0 fully saturated rings. The first kappa shape index (κ1) is 14.2. The highest BCUT2D eigenvalue weighted by Crippen LogP contribution is 2.21. The van der Waals surface area contributed by atoms with Crippen molar-refractivity contribution in [1.29, 1.82) is 5.26 Å². The van der Waals surface area contributed by atoms with Gasteiger partial charge < -0.3 is 0 Å². The van der Waals surface area contributed by atoms with E-state index in [-0.39, 0.29) is 15.7 Å². The molecular formula is C12H9ClN4O2S. The second kappa shape index (κ2) is 5.45. The maximum Gasteiger partial charge on any atom is 0.264 e. The molecule has 2 heterocycles. The molecule has 0 radical (unpaired) electrons. The molecular weight excluding hydrogens is 300 g/mol. The molecule has 102 valence electrons. The Labute approximate surface area is 121 Å². The van der Waals surface area contributed by atoms with Crippen LogP contribution in [0, 0.1) is 18.3 Å². The van der Waals surface area contributed by atoms with Crippen molar-refractivity contribution < 1.29 is 8.42 Å². The highest BCUT2D eigenvalue weighted by Gasteiger charge is 2.20. The molecule has 0 aliphatic heterocycles. The first-order valence-corrected chi connectivity index (χ1v) is 7.31. The second-order valence-corrected chi connectivity index (χ2v) is 5.87. The quantitative estimate of drug-likeness (QED) is 0.876. The van der Waals surface area contributed by atoms with E-state index < -0.39 is 10.0 Å². The number of aromatic nitrogens is 2. The Morgan fingerprint density at radius 1 is 1.35 bits per heavy atom. The van der Waals surface area contributed by atoms with E-state index in [4.69, 9.17) is 16.9 Å². The Kier molecular flexibility index (Phi) is 3.88. The highest BCUT2D eigenvalue weighted by atomic mass is 35.5. The number of aryl methyl sites for hydroxylation is 1. The third-order valence-electron chi connectivity index (χ3n) is 2.46. The van der Waals surface area contributed by atoms with E-state index in [0.29, 0.717) is 11.4 Å². The van der Waals surface area contributed by atoms with E-state index in [0.717, 1.165) is 0 Å². The molecule has 0 bridgehead atoms. The fraction of sp³-hybridized carbons (Fsp3) is 0.0833. The Balaban J connectivity index is 2.44. The summed E-state index contributed by atoms with van der Waals surface area (Å²) in [5, 5.41) is 9.17. The SMILES string of the molecule is Cc1nc(Cl)ccc1NS(=O)(=O)c1cccnc1C#N. The molecule has 0 saturated carbocycles. The number of rotatable bonds is 3. The van der Waals surface area contributed by atoms with Gasteiger partial charge in [0, 0.05) is 6.20 Å². The summed E-state index contributed by atoms with van der Waals surface area (Å²) in [6.45, 7) is 1.62. The molecule has 2 aromatic heterocycles. The number of pyridine rings is 2. The minimum atomic E-state index is -3.91. The van der Waals surface area contributed by atoms with Crippen LogP contribution >= 0.6 is 11.6 Å². The summed E-state index contributed by atoms with van der Waals surface area (Å²) in [5.74, 6) is 0. The third kappa shape index (κ3) is 2.87. The normalized spacial score (nSPS) is 10.8. The van der Waals surface area contributed by atoms with Crippen molar-refractivity contribution >= 4 is 27.3 Å². The van der Waals surface area contributed by atoms with Gasteiger partial charge in [0.25, 0.3) is 10.0 Å². The van der Waals surface area contributed by atoms with Crippen LogP contribution in [-0.4, -0.2) is 18.4 Å². The summed E-state index contributed by atoms with van der Waals surface area (Å²) < 4.78 is 26.9. The molecule has 20 heavy (non-hydrogen) atoms. The smallest absolute Gasteiger partial charge is 0.264 e. The average Bonchev–Trinajstić information content (AvgIpc) is 2.42. The zero-order valence-electron chi connectivity index (χ0n) is 10.3.